The van der Waals surface area contributed by atoms with Gasteiger partial charge in [0.25, 0.3) is 5.91 Å². The van der Waals surface area contributed by atoms with Crippen molar-refractivity contribution in [1.29, 1.82) is 5.26 Å². The van der Waals surface area contributed by atoms with Gasteiger partial charge < -0.3 is 10.6 Å². The van der Waals surface area contributed by atoms with Crippen molar-refractivity contribution < 1.29 is 4.79 Å². The van der Waals surface area contributed by atoms with Crippen LogP contribution in [-0.2, 0) is 0 Å². The summed E-state index contributed by atoms with van der Waals surface area (Å²) in [5, 5.41) is 19.2. The summed E-state index contributed by atoms with van der Waals surface area (Å²) in [6, 6.07) is 9.05. The summed E-state index contributed by atoms with van der Waals surface area (Å²) in [5.41, 5.74) is 1.23. The van der Waals surface area contributed by atoms with Crippen molar-refractivity contribution in [2.45, 2.75) is 6.42 Å². The highest BCUT2D eigenvalue weighted by Gasteiger charge is 2.17. The Hall–Kier alpha value is -2.72. The smallest absolute Gasteiger partial charge is 0.290 e. The minimum absolute atomic E-state index is 0.133. The standard InChI is InChI=1S/C15H16N6O/c16-7-11-2-1-3-13(6-11)21-10-19-14(20-21)15(22)18-9-12-4-5-17-8-12/h1-3,6,10,12,17H,4-5,8-9H2,(H,18,22). The average molecular weight is 296 g/mol. The predicted molar refractivity (Wildman–Crippen MR) is 79.4 cm³/mol. The lowest BCUT2D eigenvalue weighted by atomic mass is 10.1. The van der Waals surface area contributed by atoms with Crippen LogP contribution in [0.25, 0.3) is 5.69 Å². The third-order valence-corrected chi connectivity index (χ3v) is 3.65. The van der Waals surface area contributed by atoms with E-state index in [0.717, 1.165) is 19.5 Å². The maximum Gasteiger partial charge on any atom is 0.290 e. The van der Waals surface area contributed by atoms with Crippen LogP contribution >= 0.6 is 0 Å². The second kappa shape index (κ2) is 6.37. The summed E-state index contributed by atoms with van der Waals surface area (Å²) >= 11 is 0. The number of hydrogen-bond donors (Lipinski definition) is 2. The van der Waals surface area contributed by atoms with Crippen LogP contribution in [0.15, 0.2) is 30.6 Å². The molecule has 1 saturated heterocycles. The van der Waals surface area contributed by atoms with Gasteiger partial charge in [-0.25, -0.2) is 9.67 Å². The van der Waals surface area contributed by atoms with Gasteiger partial charge in [0.1, 0.15) is 6.33 Å². The van der Waals surface area contributed by atoms with Crippen molar-refractivity contribution in [1.82, 2.24) is 25.4 Å². The van der Waals surface area contributed by atoms with E-state index in [9.17, 15) is 4.79 Å². The number of aromatic nitrogens is 3. The highest BCUT2D eigenvalue weighted by Crippen LogP contribution is 2.09. The van der Waals surface area contributed by atoms with Crippen molar-refractivity contribution in [3.8, 4) is 11.8 Å². The van der Waals surface area contributed by atoms with Gasteiger partial charge in [0.05, 0.1) is 17.3 Å². The molecule has 0 radical (unpaired) electrons. The minimum Gasteiger partial charge on any atom is -0.349 e. The molecule has 1 aromatic heterocycles. The molecule has 2 N–H and O–H groups in total. The molecule has 0 saturated carbocycles. The molecule has 2 heterocycles. The fraction of sp³-hybridized carbons (Fsp3) is 0.333. The van der Waals surface area contributed by atoms with Gasteiger partial charge >= 0.3 is 0 Å². The largest absolute Gasteiger partial charge is 0.349 e. The monoisotopic (exact) mass is 296 g/mol. The molecule has 22 heavy (non-hydrogen) atoms. The van der Waals surface area contributed by atoms with Crippen LogP contribution in [0.5, 0.6) is 0 Å². The number of carbonyl (C=O) groups excluding carboxylic acids is 1. The molecule has 7 nitrogen and oxygen atoms in total. The summed E-state index contributed by atoms with van der Waals surface area (Å²) in [7, 11) is 0. The quantitative estimate of drug-likeness (QED) is 0.855. The Morgan fingerprint density at radius 2 is 2.45 bits per heavy atom. The van der Waals surface area contributed by atoms with E-state index < -0.39 is 0 Å². The van der Waals surface area contributed by atoms with E-state index >= 15 is 0 Å². The molecule has 0 bridgehead atoms. The fourth-order valence-corrected chi connectivity index (χ4v) is 2.41. The summed E-state index contributed by atoms with van der Waals surface area (Å²) in [4.78, 5) is 16.1. The molecule has 7 heteroatoms. The Kier molecular flexibility index (Phi) is 4.12. The molecule has 3 rings (SSSR count). The molecule has 112 valence electrons. The molecule has 1 aliphatic heterocycles. The van der Waals surface area contributed by atoms with Gasteiger partial charge in [0.15, 0.2) is 0 Å². The zero-order chi connectivity index (χ0) is 15.4. The zero-order valence-electron chi connectivity index (χ0n) is 12.0. The van der Waals surface area contributed by atoms with E-state index in [-0.39, 0.29) is 11.7 Å². The first kappa shape index (κ1) is 14.2. The predicted octanol–water partition coefficient (Wildman–Crippen LogP) is 0.478. The van der Waals surface area contributed by atoms with E-state index in [4.69, 9.17) is 5.26 Å². The number of nitrogens with one attached hydrogen (secondary N) is 2. The minimum atomic E-state index is -0.276. The molecule has 2 aromatic rings. The zero-order valence-corrected chi connectivity index (χ0v) is 12.0. The molecule has 1 atom stereocenters. The Bertz CT molecular complexity index is 711. The molecule has 1 amide bonds. The van der Waals surface area contributed by atoms with E-state index in [0.29, 0.717) is 23.7 Å². The van der Waals surface area contributed by atoms with Gasteiger partial charge in [-0.05, 0) is 43.6 Å². The second-order valence-electron chi connectivity index (χ2n) is 5.24. The highest BCUT2D eigenvalue weighted by atomic mass is 16.2. The number of nitrogens with zero attached hydrogens (tertiary/aromatic N) is 4. The third-order valence-electron chi connectivity index (χ3n) is 3.65. The molecular weight excluding hydrogens is 280 g/mol. The molecule has 1 unspecified atom stereocenters. The topological polar surface area (TPSA) is 95.6 Å². The van der Waals surface area contributed by atoms with E-state index in [1.807, 2.05) is 0 Å². The van der Waals surface area contributed by atoms with Gasteiger partial charge in [-0.1, -0.05) is 6.07 Å². The summed E-state index contributed by atoms with van der Waals surface area (Å²) in [6.07, 6.45) is 2.55. The first-order valence-corrected chi connectivity index (χ1v) is 7.17. The number of amides is 1. The van der Waals surface area contributed by atoms with Crippen molar-refractivity contribution in [3.05, 3.63) is 42.0 Å². The number of nitriles is 1. The lowest BCUT2D eigenvalue weighted by molar-refractivity contribution is 0.0938. The van der Waals surface area contributed by atoms with Crippen LogP contribution in [-0.4, -0.2) is 40.3 Å². The normalized spacial score (nSPS) is 17.1. The first-order valence-electron chi connectivity index (χ1n) is 7.17. The van der Waals surface area contributed by atoms with Crippen LogP contribution < -0.4 is 10.6 Å². The SMILES string of the molecule is N#Cc1cccc(-n2cnc(C(=O)NCC3CCNC3)n2)c1. The molecule has 1 fully saturated rings. The van der Waals surface area contributed by atoms with Crippen LogP contribution in [0.4, 0.5) is 0 Å². The van der Waals surface area contributed by atoms with Crippen LogP contribution in [0.2, 0.25) is 0 Å². The lowest BCUT2D eigenvalue weighted by Gasteiger charge is -2.08. The number of rotatable bonds is 4. The Morgan fingerprint density at radius 3 is 3.23 bits per heavy atom. The lowest BCUT2D eigenvalue weighted by Crippen LogP contribution is -2.31. The maximum atomic E-state index is 12.0. The molecule has 1 aliphatic rings. The average Bonchev–Trinajstić information content (AvgIpc) is 3.24. The Morgan fingerprint density at radius 1 is 1.55 bits per heavy atom. The summed E-state index contributed by atoms with van der Waals surface area (Å²) in [5.74, 6) is 0.328. The Balaban J connectivity index is 1.67. The molecule has 0 spiro atoms. The van der Waals surface area contributed by atoms with Crippen LogP contribution in [0, 0.1) is 17.2 Å². The van der Waals surface area contributed by atoms with E-state index in [1.54, 1.807) is 24.3 Å². The second-order valence-corrected chi connectivity index (χ2v) is 5.24. The summed E-state index contributed by atoms with van der Waals surface area (Å²) < 4.78 is 1.49. The van der Waals surface area contributed by atoms with Crippen molar-refractivity contribution in [2.24, 2.45) is 5.92 Å². The number of benzene rings is 1. The highest BCUT2D eigenvalue weighted by molar-refractivity contribution is 5.90. The molecule has 0 aliphatic carbocycles. The van der Waals surface area contributed by atoms with E-state index in [1.165, 1.54) is 11.0 Å². The van der Waals surface area contributed by atoms with Crippen molar-refractivity contribution in [2.75, 3.05) is 19.6 Å². The van der Waals surface area contributed by atoms with Gasteiger partial charge in [-0.3, -0.25) is 4.79 Å². The molecule has 1 aromatic carbocycles. The Labute approximate surface area is 128 Å². The van der Waals surface area contributed by atoms with Gasteiger partial charge in [-0.15, -0.1) is 5.10 Å². The fourth-order valence-electron chi connectivity index (χ4n) is 2.41. The van der Waals surface area contributed by atoms with E-state index in [2.05, 4.69) is 26.8 Å². The van der Waals surface area contributed by atoms with Crippen LogP contribution in [0.1, 0.15) is 22.6 Å². The summed E-state index contributed by atoms with van der Waals surface area (Å²) in [6.45, 7) is 2.57. The number of carbonyl (C=O) groups is 1. The van der Waals surface area contributed by atoms with Crippen molar-refractivity contribution >= 4 is 5.91 Å². The van der Waals surface area contributed by atoms with Crippen LogP contribution in [0.3, 0.4) is 0 Å². The van der Waals surface area contributed by atoms with Crippen molar-refractivity contribution in [3.63, 3.8) is 0 Å². The van der Waals surface area contributed by atoms with Gasteiger partial charge in [0.2, 0.25) is 5.82 Å². The molecular formula is C15H16N6O. The van der Waals surface area contributed by atoms with Gasteiger partial charge in [-0.2, -0.15) is 5.26 Å². The maximum absolute atomic E-state index is 12.0. The van der Waals surface area contributed by atoms with Gasteiger partial charge in [0, 0.05) is 6.54 Å². The third kappa shape index (κ3) is 3.13. The first-order chi connectivity index (χ1) is 10.8. The number of hydrogen-bond acceptors (Lipinski definition) is 5.